The minimum absolute atomic E-state index is 0.119. The number of aromatic nitrogens is 3. The van der Waals surface area contributed by atoms with Crippen LogP contribution in [0.3, 0.4) is 0 Å². The molecule has 2 atom stereocenters. The van der Waals surface area contributed by atoms with E-state index in [1.54, 1.807) is 18.6 Å². The van der Waals surface area contributed by atoms with E-state index in [-0.39, 0.29) is 17.9 Å². The second-order valence-electron chi connectivity index (χ2n) is 5.76. The van der Waals surface area contributed by atoms with Gasteiger partial charge < -0.3 is 9.88 Å². The van der Waals surface area contributed by atoms with Crippen molar-refractivity contribution >= 4 is 5.91 Å². The van der Waals surface area contributed by atoms with Crippen molar-refractivity contribution in [2.45, 2.75) is 18.9 Å². The predicted octanol–water partition coefficient (Wildman–Crippen LogP) is 1.42. The molecule has 0 bridgehead atoms. The standard InChI is InChI=1S/C16H21N5O/c1-12(13-4-3-5-17-10-13)16(22)21-9-8-20(2)14(11-21)15-18-6-7-19-15/h3-7,10,12,14H,8-9,11H2,1-2H3,(H,18,19)/t12-,14-/m0/s1. The van der Waals surface area contributed by atoms with Crippen LogP contribution in [-0.2, 0) is 4.79 Å². The summed E-state index contributed by atoms with van der Waals surface area (Å²) in [5, 5.41) is 0. The highest BCUT2D eigenvalue weighted by molar-refractivity contribution is 5.83. The van der Waals surface area contributed by atoms with Gasteiger partial charge in [0, 0.05) is 44.4 Å². The first-order valence-electron chi connectivity index (χ1n) is 7.55. The summed E-state index contributed by atoms with van der Waals surface area (Å²) in [4.78, 5) is 28.5. The van der Waals surface area contributed by atoms with Crippen molar-refractivity contribution in [1.29, 1.82) is 0 Å². The fourth-order valence-corrected chi connectivity index (χ4v) is 2.88. The highest BCUT2D eigenvalue weighted by atomic mass is 16.2. The van der Waals surface area contributed by atoms with Gasteiger partial charge in [0.2, 0.25) is 5.91 Å². The number of nitrogens with one attached hydrogen (secondary N) is 1. The molecule has 2 aromatic heterocycles. The monoisotopic (exact) mass is 299 g/mol. The molecule has 6 heteroatoms. The number of H-pyrrole nitrogens is 1. The lowest BCUT2D eigenvalue weighted by atomic mass is 10.0. The molecular formula is C16H21N5O. The molecule has 2 aromatic rings. The van der Waals surface area contributed by atoms with E-state index < -0.39 is 0 Å². The Morgan fingerprint density at radius 3 is 2.95 bits per heavy atom. The maximum Gasteiger partial charge on any atom is 0.229 e. The van der Waals surface area contributed by atoms with E-state index >= 15 is 0 Å². The van der Waals surface area contributed by atoms with Crippen molar-refractivity contribution in [2.24, 2.45) is 0 Å². The van der Waals surface area contributed by atoms with Crippen molar-refractivity contribution in [3.05, 3.63) is 48.3 Å². The van der Waals surface area contributed by atoms with Gasteiger partial charge in [0.05, 0.1) is 12.0 Å². The van der Waals surface area contributed by atoms with Gasteiger partial charge in [0.15, 0.2) is 0 Å². The molecule has 1 aliphatic heterocycles. The zero-order valence-corrected chi connectivity index (χ0v) is 12.9. The number of pyridine rings is 1. The van der Waals surface area contributed by atoms with Gasteiger partial charge in [-0.25, -0.2) is 4.98 Å². The maximum absolute atomic E-state index is 12.8. The Hall–Kier alpha value is -2.21. The van der Waals surface area contributed by atoms with E-state index in [2.05, 4.69) is 26.9 Å². The predicted molar refractivity (Wildman–Crippen MR) is 83.2 cm³/mol. The van der Waals surface area contributed by atoms with Crippen LogP contribution in [0.1, 0.15) is 30.3 Å². The number of carbonyl (C=O) groups excluding carboxylic acids is 1. The zero-order chi connectivity index (χ0) is 15.5. The molecule has 1 amide bonds. The molecule has 0 unspecified atom stereocenters. The van der Waals surface area contributed by atoms with Crippen LogP contribution in [0.2, 0.25) is 0 Å². The van der Waals surface area contributed by atoms with Crippen molar-refractivity contribution in [2.75, 3.05) is 26.7 Å². The van der Waals surface area contributed by atoms with Crippen LogP contribution in [0.5, 0.6) is 0 Å². The van der Waals surface area contributed by atoms with E-state index in [0.717, 1.165) is 24.5 Å². The summed E-state index contributed by atoms with van der Waals surface area (Å²) in [6.45, 7) is 4.20. The van der Waals surface area contributed by atoms with Crippen LogP contribution in [0.25, 0.3) is 0 Å². The van der Waals surface area contributed by atoms with Crippen molar-refractivity contribution < 1.29 is 4.79 Å². The second kappa shape index (κ2) is 6.27. The molecule has 22 heavy (non-hydrogen) atoms. The van der Waals surface area contributed by atoms with Gasteiger partial charge in [-0.1, -0.05) is 6.07 Å². The fourth-order valence-electron chi connectivity index (χ4n) is 2.88. The van der Waals surface area contributed by atoms with E-state index in [1.807, 2.05) is 30.2 Å². The van der Waals surface area contributed by atoms with Crippen LogP contribution in [0.15, 0.2) is 36.9 Å². The number of likely N-dealkylation sites (N-methyl/N-ethyl adjacent to an activating group) is 1. The van der Waals surface area contributed by atoms with Gasteiger partial charge >= 0.3 is 0 Å². The van der Waals surface area contributed by atoms with Crippen LogP contribution < -0.4 is 0 Å². The molecule has 0 aliphatic carbocycles. The summed E-state index contributed by atoms with van der Waals surface area (Å²) in [6.07, 6.45) is 7.07. The number of nitrogens with zero attached hydrogens (tertiary/aromatic N) is 4. The third kappa shape index (κ3) is 2.87. The number of piperazine rings is 1. The number of carbonyl (C=O) groups is 1. The van der Waals surface area contributed by atoms with Gasteiger partial charge in [-0.05, 0) is 25.6 Å². The lowest BCUT2D eigenvalue weighted by Gasteiger charge is -2.39. The molecule has 116 valence electrons. The Morgan fingerprint density at radius 2 is 2.27 bits per heavy atom. The van der Waals surface area contributed by atoms with Gasteiger partial charge in [-0.3, -0.25) is 14.7 Å². The topological polar surface area (TPSA) is 65.1 Å². The summed E-state index contributed by atoms with van der Waals surface area (Å²) in [5.74, 6) is 0.890. The van der Waals surface area contributed by atoms with Gasteiger partial charge in [-0.15, -0.1) is 0 Å². The molecule has 1 saturated heterocycles. The fraction of sp³-hybridized carbons (Fsp3) is 0.438. The number of hydrogen-bond acceptors (Lipinski definition) is 4. The van der Waals surface area contributed by atoms with Gasteiger partial charge in [0.1, 0.15) is 5.82 Å². The van der Waals surface area contributed by atoms with E-state index in [0.29, 0.717) is 6.54 Å². The van der Waals surface area contributed by atoms with Crippen molar-refractivity contribution in [3.8, 4) is 0 Å². The van der Waals surface area contributed by atoms with Crippen LogP contribution in [-0.4, -0.2) is 57.3 Å². The SMILES string of the molecule is C[C@H](C(=O)N1CCN(C)[C@H](c2ncc[nH]2)C1)c1cccnc1. The number of amides is 1. The third-order valence-corrected chi connectivity index (χ3v) is 4.35. The maximum atomic E-state index is 12.8. The quantitative estimate of drug-likeness (QED) is 0.931. The largest absolute Gasteiger partial charge is 0.347 e. The Kier molecular flexibility index (Phi) is 4.20. The van der Waals surface area contributed by atoms with Crippen molar-refractivity contribution in [1.82, 2.24) is 24.8 Å². The number of imidazole rings is 1. The van der Waals surface area contributed by atoms with Crippen LogP contribution in [0, 0.1) is 0 Å². The Bertz CT molecular complexity index is 613. The van der Waals surface area contributed by atoms with E-state index in [9.17, 15) is 4.79 Å². The third-order valence-electron chi connectivity index (χ3n) is 4.35. The molecule has 3 rings (SSSR count). The van der Waals surface area contributed by atoms with Crippen LogP contribution >= 0.6 is 0 Å². The molecule has 0 radical (unpaired) electrons. The lowest BCUT2D eigenvalue weighted by Crippen LogP contribution is -2.50. The molecule has 1 N–H and O–H groups in total. The highest BCUT2D eigenvalue weighted by Gasteiger charge is 2.32. The van der Waals surface area contributed by atoms with Gasteiger partial charge in [0.25, 0.3) is 0 Å². The summed E-state index contributed by atoms with van der Waals surface area (Å²) < 4.78 is 0. The second-order valence-corrected chi connectivity index (χ2v) is 5.76. The number of aromatic amines is 1. The molecule has 3 heterocycles. The Balaban J connectivity index is 1.73. The molecular weight excluding hydrogens is 278 g/mol. The summed E-state index contributed by atoms with van der Waals surface area (Å²) in [6, 6.07) is 3.94. The smallest absolute Gasteiger partial charge is 0.229 e. The molecule has 1 fully saturated rings. The summed E-state index contributed by atoms with van der Waals surface area (Å²) in [5.41, 5.74) is 0.959. The Labute approximate surface area is 130 Å². The first kappa shape index (κ1) is 14.7. The van der Waals surface area contributed by atoms with E-state index in [4.69, 9.17) is 0 Å². The molecule has 1 aliphatic rings. The summed E-state index contributed by atoms with van der Waals surface area (Å²) in [7, 11) is 2.07. The van der Waals surface area contributed by atoms with Crippen molar-refractivity contribution in [3.63, 3.8) is 0 Å². The minimum Gasteiger partial charge on any atom is -0.347 e. The Morgan fingerprint density at radius 1 is 1.41 bits per heavy atom. The molecule has 0 aromatic carbocycles. The number of rotatable bonds is 3. The first-order chi connectivity index (χ1) is 10.7. The normalized spacial score (nSPS) is 20.8. The average molecular weight is 299 g/mol. The molecule has 0 spiro atoms. The summed E-state index contributed by atoms with van der Waals surface area (Å²) >= 11 is 0. The average Bonchev–Trinajstić information content (AvgIpc) is 3.09. The minimum atomic E-state index is -0.172. The lowest BCUT2D eigenvalue weighted by molar-refractivity contribution is -0.135. The zero-order valence-electron chi connectivity index (χ0n) is 12.9. The van der Waals surface area contributed by atoms with Gasteiger partial charge in [-0.2, -0.15) is 0 Å². The van der Waals surface area contributed by atoms with Crippen LogP contribution in [0.4, 0.5) is 0 Å². The molecule has 6 nitrogen and oxygen atoms in total. The van der Waals surface area contributed by atoms with E-state index in [1.165, 1.54) is 0 Å². The molecule has 0 saturated carbocycles. The highest BCUT2D eigenvalue weighted by Crippen LogP contribution is 2.24. The first-order valence-corrected chi connectivity index (χ1v) is 7.55. The number of hydrogen-bond donors (Lipinski definition) is 1.